The zero-order chi connectivity index (χ0) is 22.5. The lowest BCUT2D eigenvalue weighted by molar-refractivity contribution is -0.137. The molecule has 30 heavy (non-hydrogen) atoms. The lowest BCUT2D eigenvalue weighted by Crippen LogP contribution is -2.28. The number of carbonyl (C=O) groups is 3. The number of methoxy groups -OCH3 is 2. The van der Waals surface area contributed by atoms with Crippen LogP contribution in [-0.2, 0) is 22.2 Å². The summed E-state index contributed by atoms with van der Waals surface area (Å²) in [5, 5.41) is 4.61. The van der Waals surface area contributed by atoms with Gasteiger partial charge in [-0.05, 0) is 30.3 Å². The van der Waals surface area contributed by atoms with Crippen molar-refractivity contribution >= 4 is 23.7 Å². The highest BCUT2D eigenvalue weighted by Crippen LogP contribution is 2.30. The van der Waals surface area contributed by atoms with Crippen LogP contribution in [0.3, 0.4) is 0 Å². The number of rotatable bonds is 5. The summed E-state index contributed by atoms with van der Waals surface area (Å²) in [6, 6.07) is 4.75. The zero-order valence-corrected chi connectivity index (χ0v) is 15.7. The molecule has 2 N–H and O–H groups in total. The monoisotopic (exact) mass is 428 g/mol. The Balaban J connectivity index is 2.12. The van der Waals surface area contributed by atoms with Crippen molar-refractivity contribution in [1.29, 1.82) is 0 Å². The lowest BCUT2D eigenvalue weighted by atomic mass is 10.1. The van der Waals surface area contributed by atoms with Crippen molar-refractivity contribution in [3.63, 3.8) is 0 Å². The Hall–Kier alpha value is -3.63. The van der Waals surface area contributed by atoms with Gasteiger partial charge in [0.1, 0.15) is 5.82 Å². The molecule has 0 spiro atoms. The van der Waals surface area contributed by atoms with Crippen LogP contribution < -0.4 is 10.6 Å². The fourth-order valence-electron chi connectivity index (χ4n) is 2.39. The highest BCUT2D eigenvalue weighted by molar-refractivity contribution is 5.99. The smallest absolute Gasteiger partial charge is 0.416 e. The number of nitrogens with one attached hydrogen (secondary N) is 2. The van der Waals surface area contributed by atoms with Gasteiger partial charge in [0.05, 0.1) is 30.9 Å². The average Bonchev–Trinajstić information content (AvgIpc) is 2.70. The first-order valence-corrected chi connectivity index (χ1v) is 8.27. The standard InChI is InChI=1S/C19H16F4N2O5/c1-29-16(26)11-5-12(17(27)30-2)7-14(6-11)25-18(28)24-9-10-3-4-13(8-15(10)20)19(21,22)23/h3-8H,9H2,1-2H3,(H2,24,25,28). The summed E-state index contributed by atoms with van der Waals surface area (Å²) in [7, 11) is 2.26. The maximum atomic E-state index is 13.8. The average molecular weight is 428 g/mol. The van der Waals surface area contributed by atoms with E-state index < -0.39 is 42.1 Å². The number of amides is 2. The van der Waals surface area contributed by atoms with Crippen LogP contribution in [0.25, 0.3) is 0 Å². The maximum Gasteiger partial charge on any atom is 0.416 e. The number of benzene rings is 2. The van der Waals surface area contributed by atoms with E-state index in [1.807, 2.05) is 0 Å². The van der Waals surface area contributed by atoms with E-state index in [-0.39, 0.29) is 22.4 Å². The summed E-state index contributed by atoms with van der Waals surface area (Å²) < 4.78 is 60.7. The minimum atomic E-state index is -4.69. The summed E-state index contributed by atoms with van der Waals surface area (Å²) in [6.07, 6.45) is -4.69. The van der Waals surface area contributed by atoms with Gasteiger partial charge in [-0.2, -0.15) is 13.2 Å². The third kappa shape index (κ3) is 5.69. The number of anilines is 1. The first-order chi connectivity index (χ1) is 14.0. The van der Waals surface area contributed by atoms with E-state index in [1.165, 1.54) is 18.2 Å². The predicted molar refractivity (Wildman–Crippen MR) is 96.4 cm³/mol. The fourth-order valence-corrected chi connectivity index (χ4v) is 2.39. The number of halogens is 4. The molecule has 0 heterocycles. The Bertz CT molecular complexity index is 942. The molecule has 2 aromatic rings. The van der Waals surface area contributed by atoms with Crippen molar-refractivity contribution in [2.75, 3.05) is 19.5 Å². The summed E-state index contributed by atoms with van der Waals surface area (Å²) in [6.45, 7) is -0.406. The van der Waals surface area contributed by atoms with Crippen molar-refractivity contribution in [2.24, 2.45) is 0 Å². The molecule has 7 nitrogen and oxygen atoms in total. The quantitative estimate of drug-likeness (QED) is 0.559. The third-order valence-electron chi connectivity index (χ3n) is 3.85. The van der Waals surface area contributed by atoms with Crippen LogP contribution in [0.4, 0.5) is 28.0 Å². The van der Waals surface area contributed by atoms with E-state index in [0.29, 0.717) is 12.1 Å². The number of urea groups is 1. The van der Waals surface area contributed by atoms with E-state index in [4.69, 9.17) is 0 Å². The third-order valence-corrected chi connectivity index (χ3v) is 3.85. The van der Waals surface area contributed by atoms with E-state index in [2.05, 4.69) is 20.1 Å². The molecule has 0 aliphatic carbocycles. The highest BCUT2D eigenvalue weighted by atomic mass is 19.4. The number of carbonyl (C=O) groups excluding carboxylic acids is 3. The molecule has 0 unspecified atom stereocenters. The van der Waals surface area contributed by atoms with Gasteiger partial charge >= 0.3 is 24.1 Å². The topological polar surface area (TPSA) is 93.7 Å². The largest absolute Gasteiger partial charge is 0.465 e. The zero-order valence-electron chi connectivity index (χ0n) is 15.7. The SMILES string of the molecule is COC(=O)c1cc(NC(=O)NCc2ccc(C(F)(F)F)cc2F)cc(C(=O)OC)c1. The van der Waals surface area contributed by atoms with E-state index in [9.17, 15) is 31.9 Å². The van der Waals surface area contributed by atoms with Crippen LogP contribution in [0.2, 0.25) is 0 Å². The van der Waals surface area contributed by atoms with E-state index in [1.54, 1.807) is 0 Å². The Morgan fingerprint density at radius 1 is 0.933 bits per heavy atom. The maximum absolute atomic E-state index is 13.8. The molecular formula is C19H16F4N2O5. The molecule has 0 aliphatic rings. The first kappa shape index (κ1) is 22.7. The van der Waals surface area contributed by atoms with Crippen molar-refractivity contribution in [1.82, 2.24) is 5.32 Å². The van der Waals surface area contributed by atoms with Crippen LogP contribution in [0.5, 0.6) is 0 Å². The highest BCUT2D eigenvalue weighted by Gasteiger charge is 2.31. The molecular weight excluding hydrogens is 412 g/mol. The second kappa shape index (κ2) is 9.25. The molecule has 0 radical (unpaired) electrons. The first-order valence-electron chi connectivity index (χ1n) is 8.27. The number of hydrogen-bond acceptors (Lipinski definition) is 5. The molecule has 11 heteroatoms. The van der Waals surface area contributed by atoms with Crippen molar-refractivity contribution in [3.05, 3.63) is 64.5 Å². The van der Waals surface area contributed by atoms with Crippen LogP contribution in [0.15, 0.2) is 36.4 Å². The second-order valence-corrected chi connectivity index (χ2v) is 5.89. The molecule has 2 aromatic carbocycles. The van der Waals surface area contributed by atoms with Crippen molar-refractivity contribution in [2.45, 2.75) is 12.7 Å². The van der Waals surface area contributed by atoms with Crippen LogP contribution in [0, 0.1) is 5.82 Å². The normalized spacial score (nSPS) is 10.9. The van der Waals surface area contributed by atoms with Crippen molar-refractivity contribution < 1.29 is 41.4 Å². The Kier molecular flexibility index (Phi) is 6.98. The molecule has 0 bridgehead atoms. The van der Waals surface area contributed by atoms with Gasteiger partial charge in [0.25, 0.3) is 0 Å². The minimum absolute atomic E-state index is 0.0312. The Labute approximate surface area is 168 Å². The summed E-state index contributed by atoms with van der Waals surface area (Å²) in [5.74, 6) is -2.67. The number of hydrogen-bond donors (Lipinski definition) is 2. The van der Waals surface area contributed by atoms with Gasteiger partial charge in [0.2, 0.25) is 0 Å². The van der Waals surface area contributed by atoms with Gasteiger partial charge in [-0.3, -0.25) is 0 Å². The molecule has 2 rings (SSSR count). The molecule has 0 aromatic heterocycles. The number of ether oxygens (including phenoxy) is 2. The minimum Gasteiger partial charge on any atom is -0.465 e. The van der Waals surface area contributed by atoms with Gasteiger partial charge in [-0.1, -0.05) is 6.07 Å². The molecule has 160 valence electrons. The second-order valence-electron chi connectivity index (χ2n) is 5.89. The van der Waals surface area contributed by atoms with Gasteiger partial charge in [-0.25, -0.2) is 18.8 Å². The summed E-state index contributed by atoms with van der Waals surface area (Å²) in [5.41, 5.74) is -1.36. The van der Waals surface area contributed by atoms with Crippen molar-refractivity contribution in [3.8, 4) is 0 Å². The fraction of sp³-hybridized carbons (Fsp3) is 0.211. The van der Waals surface area contributed by atoms with Crippen LogP contribution >= 0.6 is 0 Å². The van der Waals surface area contributed by atoms with Crippen LogP contribution in [-0.4, -0.2) is 32.2 Å². The number of alkyl halides is 3. The van der Waals surface area contributed by atoms with Gasteiger partial charge < -0.3 is 20.1 Å². The molecule has 0 aliphatic heterocycles. The Morgan fingerprint density at radius 2 is 1.50 bits per heavy atom. The van der Waals surface area contributed by atoms with E-state index in [0.717, 1.165) is 20.3 Å². The molecule has 0 fully saturated rings. The van der Waals surface area contributed by atoms with Gasteiger partial charge in [0, 0.05) is 17.8 Å². The lowest BCUT2D eigenvalue weighted by Gasteiger charge is -2.12. The summed E-state index contributed by atoms with van der Waals surface area (Å²) >= 11 is 0. The van der Waals surface area contributed by atoms with Gasteiger partial charge in [0.15, 0.2) is 0 Å². The van der Waals surface area contributed by atoms with E-state index >= 15 is 0 Å². The molecule has 2 amide bonds. The Morgan fingerprint density at radius 3 is 1.97 bits per heavy atom. The predicted octanol–water partition coefficient (Wildman–Crippen LogP) is 3.74. The molecule has 0 atom stereocenters. The summed E-state index contributed by atoms with van der Waals surface area (Å²) in [4.78, 5) is 35.5. The van der Waals surface area contributed by atoms with Gasteiger partial charge in [-0.15, -0.1) is 0 Å². The molecule has 0 saturated carbocycles. The number of esters is 2. The molecule has 0 saturated heterocycles. The van der Waals surface area contributed by atoms with Crippen LogP contribution in [0.1, 0.15) is 31.8 Å².